The molecule has 0 fully saturated rings. The topological polar surface area (TPSA) is 96.6 Å². The number of carbonyl (C=O) groups is 1. The summed E-state index contributed by atoms with van der Waals surface area (Å²) in [6.07, 6.45) is 2.70. The van der Waals surface area contributed by atoms with E-state index in [9.17, 15) is 14.9 Å². The lowest BCUT2D eigenvalue weighted by Gasteiger charge is -2.03. The molecule has 0 saturated carbocycles. The van der Waals surface area contributed by atoms with Crippen molar-refractivity contribution in [1.82, 2.24) is 0 Å². The number of rotatable bonds is 1. The third kappa shape index (κ3) is 1.28. The van der Waals surface area contributed by atoms with Crippen molar-refractivity contribution in [1.29, 1.82) is 0 Å². The third-order valence-corrected chi connectivity index (χ3v) is 1.53. The Morgan fingerprint density at radius 2 is 2.42 bits per heavy atom. The Labute approximate surface area is 67.3 Å². The lowest BCUT2D eigenvalue weighted by Crippen LogP contribution is -2.39. The SMILES string of the molecule is [N-]=[N+]=C1CC=CC(=O)C1[N+](=O)[O-]. The zero-order valence-corrected chi connectivity index (χ0v) is 6.01. The average Bonchev–Trinajstić information content (AvgIpc) is 2.03. The molecular formula is C6H5N3O3. The molecule has 0 aromatic heterocycles. The average molecular weight is 167 g/mol. The summed E-state index contributed by atoms with van der Waals surface area (Å²) in [7, 11) is 0. The van der Waals surface area contributed by atoms with E-state index in [0.717, 1.165) is 6.08 Å². The van der Waals surface area contributed by atoms with Gasteiger partial charge in [0, 0.05) is 4.92 Å². The van der Waals surface area contributed by atoms with Crippen molar-refractivity contribution >= 4 is 11.5 Å². The molecule has 1 rings (SSSR count). The van der Waals surface area contributed by atoms with E-state index in [4.69, 9.17) is 5.53 Å². The number of carbonyl (C=O) groups excluding carboxylic acids is 1. The molecule has 12 heavy (non-hydrogen) atoms. The van der Waals surface area contributed by atoms with Crippen LogP contribution in [-0.2, 0) is 4.79 Å². The van der Waals surface area contributed by atoms with E-state index in [-0.39, 0.29) is 12.1 Å². The fraction of sp³-hybridized carbons (Fsp3) is 0.333. The Kier molecular flexibility index (Phi) is 2.11. The Morgan fingerprint density at radius 1 is 1.75 bits per heavy atom. The van der Waals surface area contributed by atoms with Crippen molar-refractivity contribution in [3.05, 3.63) is 27.8 Å². The van der Waals surface area contributed by atoms with Gasteiger partial charge in [-0.2, -0.15) is 4.79 Å². The van der Waals surface area contributed by atoms with Gasteiger partial charge in [0.05, 0.1) is 6.42 Å². The fourth-order valence-electron chi connectivity index (χ4n) is 0.984. The van der Waals surface area contributed by atoms with Gasteiger partial charge in [0.25, 0.3) is 0 Å². The Hall–Kier alpha value is -1.81. The van der Waals surface area contributed by atoms with E-state index in [2.05, 4.69) is 4.79 Å². The molecule has 0 bridgehead atoms. The van der Waals surface area contributed by atoms with Gasteiger partial charge in [-0.15, -0.1) is 0 Å². The van der Waals surface area contributed by atoms with Gasteiger partial charge in [0.15, 0.2) is 0 Å². The largest absolute Gasteiger partial charge is 0.368 e. The van der Waals surface area contributed by atoms with E-state index in [1.807, 2.05) is 0 Å². The molecule has 1 aliphatic rings. The van der Waals surface area contributed by atoms with Gasteiger partial charge in [-0.25, -0.2) is 0 Å². The zero-order valence-electron chi connectivity index (χ0n) is 6.01. The zero-order chi connectivity index (χ0) is 9.14. The molecule has 0 amide bonds. The van der Waals surface area contributed by atoms with Gasteiger partial charge >= 0.3 is 11.8 Å². The normalized spacial score (nSPS) is 22.2. The van der Waals surface area contributed by atoms with Crippen LogP contribution in [0.2, 0.25) is 0 Å². The molecule has 1 atom stereocenters. The van der Waals surface area contributed by atoms with Crippen molar-refractivity contribution in [2.45, 2.75) is 12.5 Å². The van der Waals surface area contributed by atoms with Crippen LogP contribution in [0.1, 0.15) is 6.42 Å². The second-order valence-electron chi connectivity index (χ2n) is 2.29. The van der Waals surface area contributed by atoms with Gasteiger partial charge in [-0.3, -0.25) is 14.9 Å². The Balaban J connectivity index is 3.08. The summed E-state index contributed by atoms with van der Waals surface area (Å²) in [5.74, 6) is -0.654. The number of ketones is 1. The minimum Gasteiger partial charge on any atom is -0.361 e. The van der Waals surface area contributed by atoms with Gasteiger partial charge in [-0.1, -0.05) is 6.08 Å². The van der Waals surface area contributed by atoms with Crippen LogP contribution in [0.3, 0.4) is 0 Å². The first-order valence-electron chi connectivity index (χ1n) is 3.21. The quantitative estimate of drug-likeness (QED) is 0.234. The number of hydrogen-bond acceptors (Lipinski definition) is 3. The highest BCUT2D eigenvalue weighted by Crippen LogP contribution is 2.06. The van der Waals surface area contributed by atoms with Gasteiger partial charge < -0.3 is 5.53 Å². The standard InChI is InChI=1S/C6H5N3O3/c7-8-4-2-1-3-5(10)6(4)9(11)12/h1,3,6H,2H2. The third-order valence-electron chi connectivity index (χ3n) is 1.53. The molecule has 0 aromatic rings. The molecule has 0 heterocycles. The van der Waals surface area contributed by atoms with Gasteiger partial charge in [-0.05, 0) is 6.08 Å². The summed E-state index contributed by atoms with van der Waals surface area (Å²) >= 11 is 0. The maximum atomic E-state index is 10.9. The maximum Gasteiger partial charge on any atom is 0.368 e. The van der Waals surface area contributed by atoms with E-state index in [1.54, 1.807) is 0 Å². The minimum atomic E-state index is -1.50. The molecule has 6 nitrogen and oxygen atoms in total. The number of hydrogen-bond donors (Lipinski definition) is 0. The molecule has 62 valence electrons. The van der Waals surface area contributed by atoms with Gasteiger partial charge in [0.2, 0.25) is 5.78 Å². The Bertz CT molecular complexity index is 314. The smallest absolute Gasteiger partial charge is 0.361 e. The summed E-state index contributed by atoms with van der Waals surface area (Å²) in [6.45, 7) is 0. The highest BCUT2D eigenvalue weighted by atomic mass is 16.6. The molecule has 1 unspecified atom stereocenters. The van der Waals surface area contributed by atoms with E-state index >= 15 is 0 Å². The molecule has 0 saturated heterocycles. The van der Waals surface area contributed by atoms with E-state index in [0.29, 0.717) is 0 Å². The highest BCUT2D eigenvalue weighted by molar-refractivity contribution is 6.12. The predicted molar refractivity (Wildman–Crippen MR) is 38.2 cm³/mol. The van der Waals surface area contributed by atoms with Crippen LogP contribution >= 0.6 is 0 Å². The van der Waals surface area contributed by atoms with Crippen LogP contribution in [0.15, 0.2) is 12.2 Å². The van der Waals surface area contributed by atoms with Crippen LogP contribution in [0.4, 0.5) is 0 Å². The maximum absolute atomic E-state index is 10.9. The molecule has 0 N–H and O–H groups in total. The van der Waals surface area contributed by atoms with Crippen molar-refractivity contribution < 1.29 is 14.5 Å². The summed E-state index contributed by atoms with van der Waals surface area (Å²) < 4.78 is 0. The van der Waals surface area contributed by atoms with Crippen molar-refractivity contribution in [2.24, 2.45) is 0 Å². The summed E-state index contributed by atoms with van der Waals surface area (Å²) in [4.78, 5) is 23.1. The first-order valence-corrected chi connectivity index (χ1v) is 3.21. The predicted octanol–water partition coefficient (Wildman–Crippen LogP) is -0.169. The monoisotopic (exact) mass is 167 g/mol. The second-order valence-corrected chi connectivity index (χ2v) is 2.29. The first kappa shape index (κ1) is 8.29. The summed E-state index contributed by atoms with van der Waals surface area (Å²) in [5.41, 5.74) is 8.21. The molecule has 0 aromatic carbocycles. The van der Waals surface area contributed by atoms with Crippen LogP contribution in [0.25, 0.3) is 5.53 Å². The van der Waals surface area contributed by atoms with Crippen LogP contribution in [0.5, 0.6) is 0 Å². The summed E-state index contributed by atoms with van der Waals surface area (Å²) in [5, 5.41) is 10.3. The number of nitro groups is 1. The molecule has 6 heteroatoms. The number of allylic oxidation sites excluding steroid dienone is 1. The van der Waals surface area contributed by atoms with E-state index < -0.39 is 16.7 Å². The van der Waals surface area contributed by atoms with Crippen LogP contribution in [0, 0.1) is 10.1 Å². The number of nitrogens with zero attached hydrogens (tertiary/aromatic N) is 3. The second kappa shape index (κ2) is 3.06. The van der Waals surface area contributed by atoms with Crippen molar-refractivity contribution in [3.8, 4) is 0 Å². The molecular weight excluding hydrogens is 162 g/mol. The Morgan fingerprint density at radius 3 is 2.83 bits per heavy atom. The first-order chi connectivity index (χ1) is 5.66. The molecule has 0 spiro atoms. The lowest BCUT2D eigenvalue weighted by atomic mass is 9.99. The highest BCUT2D eigenvalue weighted by Gasteiger charge is 2.41. The van der Waals surface area contributed by atoms with Gasteiger partial charge in [0.1, 0.15) is 0 Å². The minimum absolute atomic E-state index is 0.118. The van der Waals surface area contributed by atoms with Crippen LogP contribution < -0.4 is 0 Å². The lowest BCUT2D eigenvalue weighted by molar-refractivity contribution is -0.491. The van der Waals surface area contributed by atoms with Crippen LogP contribution in [-0.4, -0.2) is 27.2 Å². The molecule has 1 aliphatic carbocycles. The van der Waals surface area contributed by atoms with Crippen molar-refractivity contribution in [2.75, 3.05) is 0 Å². The fourth-order valence-corrected chi connectivity index (χ4v) is 0.984. The molecule has 0 radical (unpaired) electrons. The van der Waals surface area contributed by atoms with E-state index in [1.165, 1.54) is 6.08 Å². The molecule has 0 aliphatic heterocycles. The van der Waals surface area contributed by atoms with Crippen molar-refractivity contribution in [3.63, 3.8) is 0 Å². The summed E-state index contributed by atoms with van der Waals surface area (Å²) in [6, 6.07) is -1.50.